The molecule has 0 bridgehead atoms. The molecule has 2 aromatic heterocycles. The van der Waals surface area contributed by atoms with Crippen molar-refractivity contribution in [3.63, 3.8) is 0 Å². The highest BCUT2D eigenvalue weighted by Crippen LogP contribution is 2.16. The average Bonchev–Trinajstić information content (AvgIpc) is 2.88. The molecule has 2 N–H and O–H groups in total. The van der Waals surface area contributed by atoms with E-state index < -0.39 is 0 Å². The van der Waals surface area contributed by atoms with Gasteiger partial charge in [-0.3, -0.25) is 0 Å². The number of hydrogen-bond acceptors (Lipinski definition) is 5. The predicted molar refractivity (Wildman–Crippen MR) is 109 cm³/mol. The van der Waals surface area contributed by atoms with E-state index >= 15 is 0 Å². The first kappa shape index (κ1) is 20.6. The van der Waals surface area contributed by atoms with Gasteiger partial charge in [0.2, 0.25) is 5.88 Å². The Balaban J connectivity index is 0.00000288. The Bertz CT molecular complexity index is 674. The molecule has 0 saturated heterocycles. The molecule has 0 saturated carbocycles. The fourth-order valence-electron chi connectivity index (χ4n) is 2.07. The van der Waals surface area contributed by atoms with Gasteiger partial charge < -0.3 is 15.4 Å². The molecule has 8 heteroatoms. The summed E-state index contributed by atoms with van der Waals surface area (Å²) >= 11 is 1.71. The molecule has 0 aliphatic rings. The largest absolute Gasteiger partial charge is 0.481 e. The van der Waals surface area contributed by atoms with E-state index in [-0.39, 0.29) is 24.0 Å². The Hall–Kier alpha value is -1.42. The fourth-order valence-corrected chi connectivity index (χ4v) is 2.95. The number of ether oxygens (including phenoxy) is 1. The molecule has 2 aromatic rings. The number of hydrogen-bond donors (Lipinski definition) is 2. The van der Waals surface area contributed by atoms with Crippen LogP contribution in [0.4, 0.5) is 0 Å². The molecular formula is C16H24IN5OS. The zero-order valence-electron chi connectivity index (χ0n) is 14.4. The van der Waals surface area contributed by atoms with E-state index in [2.05, 4.69) is 32.5 Å². The van der Waals surface area contributed by atoms with E-state index in [0.29, 0.717) is 12.4 Å². The van der Waals surface area contributed by atoms with Gasteiger partial charge in [-0.05, 0) is 32.4 Å². The number of guanidine groups is 1. The van der Waals surface area contributed by atoms with Crippen molar-refractivity contribution in [2.75, 3.05) is 13.7 Å². The summed E-state index contributed by atoms with van der Waals surface area (Å²) < 4.78 is 5.13. The minimum Gasteiger partial charge on any atom is -0.481 e. The third-order valence-electron chi connectivity index (χ3n) is 3.19. The summed E-state index contributed by atoms with van der Waals surface area (Å²) in [6.07, 6.45) is 1.73. The number of thiazole rings is 1. The number of nitrogens with zero attached hydrogens (tertiary/aromatic N) is 3. The average molecular weight is 461 g/mol. The Labute approximate surface area is 164 Å². The molecule has 2 rings (SSSR count). The van der Waals surface area contributed by atoms with Gasteiger partial charge >= 0.3 is 0 Å². The molecule has 0 unspecified atom stereocenters. The third-order valence-corrected chi connectivity index (χ3v) is 4.26. The fraction of sp³-hybridized carbons (Fsp3) is 0.438. The van der Waals surface area contributed by atoms with Crippen LogP contribution >= 0.6 is 35.3 Å². The zero-order chi connectivity index (χ0) is 16.7. The van der Waals surface area contributed by atoms with Crippen LogP contribution in [0.25, 0.3) is 0 Å². The summed E-state index contributed by atoms with van der Waals surface area (Å²) in [4.78, 5) is 14.4. The molecule has 0 fully saturated rings. The first-order chi connectivity index (χ1) is 11.1. The van der Waals surface area contributed by atoms with E-state index in [1.165, 1.54) is 4.88 Å². The maximum Gasteiger partial charge on any atom is 0.213 e. The topological polar surface area (TPSA) is 71.4 Å². The van der Waals surface area contributed by atoms with Crippen LogP contribution in [0.2, 0.25) is 0 Å². The number of halogens is 1. The van der Waals surface area contributed by atoms with Crippen molar-refractivity contribution in [1.29, 1.82) is 0 Å². The van der Waals surface area contributed by atoms with Gasteiger partial charge in [0.1, 0.15) is 0 Å². The highest BCUT2D eigenvalue weighted by molar-refractivity contribution is 14.0. The summed E-state index contributed by atoms with van der Waals surface area (Å²) in [7, 11) is 1.61. The van der Waals surface area contributed by atoms with Crippen LogP contribution in [-0.4, -0.2) is 29.6 Å². The van der Waals surface area contributed by atoms with Crippen LogP contribution < -0.4 is 15.4 Å². The van der Waals surface area contributed by atoms with Crippen molar-refractivity contribution >= 4 is 41.3 Å². The van der Waals surface area contributed by atoms with Crippen molar-refractivity contribution in [3.05, 3.63) is 39.5 Å². The summed E-state index contributed by atoms with van der Waals surface area (Å²) in [5, 5.41) is 7.69. The second-order valence-electron chi connectivity index (χ2n) is 5.00. The smallest absolute Gasteiger partial charge is 0.213 e. The van der Waals surface area contributed by atoms with Crippen LogP contribution in [0.15, 0.2) is 23.3 Å². The molecule has 132 valence electrons. The second kappa shape index (κ2) is 10.4. The Morgan fingerprint density at radius 2 is 2.12 bits per heavy atom. The molecule has 2 heterocycles. The molecule has 24 heavy (non-hydrogen) atoms. The van der Waals surface area contributed by atoms with Crippen molar-refractivity contribution < 1.29 is 4.74 Å². The molecule has 0 aromatic carbocycles. The quantitative estimate of drug-likeness (QED) is 0.393. The number of rotatable bonds is 6. The number of methoxy groups -OCH3 is 1. The normalized spacial score (nSPS) is 10.9. The van der Waals surface area contributed by atoms with Crippen LogP contribution in [0, 0.1) is 13.8 Å². The van der Waals surface area contributed by atoms with Gasteiger partial charge in [-0.2, -0.15) is 0 Å². The van der Waals surface area contributed by atoms with Crippen molar-refractivity contribution in [3.8, 4) is 5.88 Å². The number of aliphatic imine (C=N–C) groups is 1. The van der Waals surface area contributed by atoms with E-state index in [0.717, 1.165) is 35.3 Å². The minimum absolute atomic E-state index is 0. The Morgan fingerprint density at radius 3 is 2.75 bits per heavy atom. The maximum atomic E-state index is 5.13. The van der Waals surface area contributed by atoms with Crippen molar-refractivity contribution in [2.45, 2.75) is 33.9 Å². The van der Waals surface area contributed by atoms with Crippen LogP contribution in [-0.2, 0) is 13.1 Å². The monoisotopic (exact) mass is 461 g/mol. The molecule has 6 nitrogen and oxygen atoms in total. The van der Waals surface area contributed by atoms with Crippen LogP contribution in [0.1, 0.15) is 28.1 Å². The number of aryl methyl sites for hydroxylation is 2. The van der Waals surface area contributed by atoms with Gasteiger partial charge in [-0.1, -0.05) is 0 Å². The van der Waals surface area contributed by atoms with Crippen molar-refractivity contribution in [2.24, 2.45) is 4.99 Å². The van der Waals surface area contributed by atoms with Crippen molar-refractivity contribution in [1.82, 2.24) is 20.6 Å². The molecule has 0 aliphatic heterocycles. The molecule has 0 amide bonds. The van der Waals surface area contributed by atoms with Gasteiger partial charge in [0, 0.05) is 23.7 Å². The number of nitrogens with one attached hydrogen (secondary N) is 2. The van der Waals surface area contributed by atoms with Gasteiger partial charge in [-0.25, -0.2) is 15.0 Å². The molecule has 0 atom stereocenters. The Kier molecular flexibility index (Phi) is 8.98. The highest BCUT2D eigenvalue weighted by Gasteiger charge is 2.06. The van der Waals surface area contributed by atoms with Crippen LogP contribution in [0.5, 0.6) is 5.88 Å². The van der Waals surface area contributed by atoms with E-state index in [9.17, 15) is 0 Å². The van der Waals surface area contributed by atoms with Gasteiger partial charge in [-0.15, -0.1) is 35.3 Å². The van der Waals surface area contributed by atoms with Gasteiger partial charge in [0.25, 0.3) is 0 Å². The Morgan fingerprint density at radius 1 is 1.33 bits per heavy atom. The highest BCUT2D eigenvalue weighted by atomic mass is 127. The number of pyridine rings is 1. The summed E-state index contributed by atoms with van der Waals surface area (Å²) in [5.41, 5.74) is 2.13. The van der Waals surface area contributed by atoms with Crippen LogP contribution in [0.3, 0.4) is 0 Å². The second-order valence-corrected chi connectivity index (χ2v) is 6.28. The maximum absolute atomic E-state index is 5.13. The first-order valence-corrected chi connectivity index (χ1v) is 8.38. The summed E-state index contributed by atoms with van der Waals surface area (Å²) in [5.74, 6) is 1.39. The van der Waals surface area contributed by atoms with E-state index in [1.807, 2.05) is 26.0 Å². The van der Waals surface area contributed by atoms with E-state index in [4.69, 9.17) is 4.74 Å². The minimum atomic E-state index is 0. The molecule has 0 aliphatic carbocycles. The predicted octanol–water partition coefficient (Wildman–Crippen LogP) is 3.04. The van der Waals surface area contributed by atoms with Gasteiger partial charge in [0.05, 0.1) is 30.9 Å². The SMILES string of the molecule is CCNC(=NCc1ccnc(OC)c1)NCc1sc(C)nc1C.I. The molecule has 0 spiro atoms. The van der Waals surface area contributed by atoms with Gasteiger partial charge in [0.15, 0.2) is 5.96 Å². The molecular weight excluding hydrogens is 437 g/mol. The summed E-state index contributed by atoms with van der Waals surface area (Å²) in [6, 6.07) is 3.83. The zero-order valence-corrected chi connectivity index (χ0v) is 17.6. The third kappa shape index (κ3) is 6.23. The van der Waals surface area contributed by atoms with E-state index in [1.54, 1.807) is 24.6 Å². The lowest BCUT2D eigenvalue weighted by atomic mass is 10.3. The lowest BCUT2D eigenvalue weighted by molar-refractivity contribution is 0.397. The lowest BCUT2D eigenvalue weighted by Gasteiger charge is -2.11. The standard InChI is InChI=1S/C16H23N5OS.HI/c1-5-17-16(20-10-14-11(2)21-12(3)23-14)19-9-13-6-7-18-15(8-13)22-4;/h6-8H,5,9-10H2,1-4H3,(H2,17,19,20);1H. The summed E-state index contributed by atoms with van der Waals surface area (Å²) in [6.45, 7) is 8.21. The first-order valence-electron chi connectivity index (χ1n) is 7.56. The lowest BCUT2D eigenvalue weighted by Crippen LogP contribution is -2.36. The number of aromatic nitrogens is 2. The molecule has 0 radical (unpaired) electrons.